The normalized spacial score (nSPS) is 10.8. The number of carbonyl (C=O) groups excluding carboxylic acids is 1. The first-order valence-electron chi connectivity index (χ1n) is 7.59. The third-order valence-corrected chi connectivity index (χ3v) is 4.00. The van der Waals surface area contributed by atoms with E-state index in [4.69, 9.17) is 0 Å². The topological polar surface area (TPSA) is 62.2 Å². The van der Waals surface area contributed by atoms with Crippen molar-refractivity contribution in [2.75, 3.05) is 5.32 Å². The number of aromatic hydroxyl groups is 1. The molecule has 2 N–H and O–H groups in total. The van der Waals surface area contributed by atoms with Crippen LogP contribution < -0.4 is 5.32 Å². The van der Waals surface area contributed by atoms with Gasteiger partial charge in [0.15, 0.2) is 5.75 Å². The van der Waals surface area contributed by atoms with E-state index >= 15 is 0 Å². The molecule has 4 heteroatoms. The molecule has 4 rings (SSSR count). The molecule has 0 radical (unpaired) electrons. The Balaban J connectivity index is 1.69. The zero-order valence-corrected chi connectivity index (χ0v) is 12.7. The highest BCUT2D eigenvalue weighted by molar-refractivity contribution is 6.09. The highest BCUT2D eigenvalue weighted by Crippen LogP contribution is 2.28. The van der Waals surface area contributed by atoms with Gasteiger partial charge in [-0.3, -0.25) is 9.78 Å². The molecule has 116 valence electrons. The Bertz CT molecular complexity index is 1070. The van der Waals surface area contributed by atoms with Crippen molar-refractivity contribution in [2.45, 2.75) is 0 Å². The highest BCUT2D eigenvalue weighted by atomic mass is 16.3. The van der Waals surface area contributed by atoms with E-state index in [0.29, 0.717) is 11.2 Å². The van der Waals surface area contributed by atoms with Gasteiger partial charge in [-0.15, -0.1) is 0 Å². The molecule has 4 aromatic rings. The van der Waals surface area contributed by atoms with Crippen molar-refractivity contribution in [2.24, 2.45) is 0 Å². The van der Waals surface area contributed by atoms with E-state index in [1.807, 2.05) is 48.5 Å². The van der Waals surface area contributed by atoms with E-state index in [0.717, 1.165) is 16.2 Å². The van der Waals surface area contributed by atoms with Crippen LogP contribution in [-0.4, -0.2) is 16.0 Å². The summed E-state index contributed by atoms with van der Waals surface area (Å²) in [4.78, 5) is 16.7. The van der Waals surface area contributed by atoms with E-state index in [1.165, 1.54) is 0 Å². The van der Waals surface area contributed by atoms with Crippen molar-refractivity contribution in [1.82, 2.24) is 4.98 Å². The van der Waals surface area contributed by atoms with E-state index in [1.54, 1.807) is 24.4 Å². The quantitative estimate of drug-likeness (QED) is 0.578. The molecule has 0 saturated heterocycles. The van der Waals surface area contributed by atoms with Crippen LogP contribution in [0.1, 0.15) is 10.4 Å². The second-order valence-electron chi connectivity index (χ2n) is 5.55. The fraction of sp³-hybridized carbons (Fsp3) is 0. The molecule has 4 nitrogen and oxygen atoms in total. The van der Waals surface area contributed by atoms with Gasteiger partial charge in [0.05, 0.1) is 5.56 Å². The summed E-state index contributed by atoms with van der Waals surface area (Å²) in [7, 11) is 0. The number of amides is 1. The van der Waals surface area contributed by atoms with Gasteiger partial charge in [-0.2, -0.15) is 0 Å². The Labute approximate surface area is 138 Å². The van der Waals surface area contributed by atoms with Crippen molar-refractivity contribution in [3.05, 3.63) is 78.5 Å². The van der Waals surface area contributed by atoms with Crippen molar-refractivity contribution in [1.29, 1.82) is 0 Å². The molecule has 1 aromatic heterocycles. The predicted octanol–water partition coefficient (Wildman–Crippen LogP) is 4.35. The van der Waals surface area contributed by atoms with Gasteiger partial charge >= 0.3 is 0 Å². The molecule has 0 aliphatic rings. The first-order chi connectivity index (χ1) is 11.7. The Kier molecular flexibility index (Phi) is 3.35. The smallest absolute Gasteiger partial charge is 0.259 e. The molecule has 0 unspecified atom stereocenters. The summed E-state index contributed by atoms with van der Waals surface area (Å²) in [6.07, 6.45) is 1.59. The number of hydrogen-bond acceptors (Lipinski definition) is 3. The van der Waals surface area contributed by atoms with Gasteiger partial charge < -0.3 is 10.4 Å². The fourth-order valence-corrected chi connectivity index (χ4v) is 2.78. The van der Waals surface area contributed by atoms with E-state index in [2.05, 4.69) is 10.3 Å². The summed E-state index contributed by atoms with van der Waals surface area (Å²) in [5.74, 6) is -0.471. The molecule has 3 aromatic carbocycles. The van der Waals surface area contributed by atoms with E-state index < -0.39 is 0 Å². The predicted molar refractivity (Wildman–Crippen MR) is 95.3 cm³/mol. The maximum Gasteiger partial charge on any atom is 0.259 e. The molecular formula is C20H14N2O2. The van der Waals surface area contributed by atoms with Crippen molar-refractivity contribution in [3.63, 3.8) is 0 Å². The molecule has 0 fully saturated rings. The Morgan fingerprint density at radius 2 is 1.62 bits per heavy atom. The third-order valence-electron chi connectivity index (χ3n) is 4.00. The van der Waals surface area contributed by atoms with Crippen LogP contribution in [0.5, 0.6) is 5.75 Å². The monoisotopic (exact) mass is 314 g/mol. The minimum absolute atomic E-state index is 0.105. The number of pyridine rings is 1. The number of phenolic OH excluding ortho intramolecular Hbond substituents is 1. The maximum atomic E-state index is 12.5. The minimum Gasteiger partial charge on any atom is -0.505 e. The third kappa shape index (κ3) is 2.44. The number of nitrogens with zero attached hydrogens (tertiary/aromatic N) is 1. The molecule has 0 spiro atoms. The second-order valence-corrected chi connectivity index (χ2v) is 5.55. The van der Waals surface area contributed by atoms with E-state index in [9.17, 15) is 9.90 Å². The van der Waals surface area contributed by atoms with Crippen LogP contribution in [0.2, 0.25) is 0 Å². The lowest BCUT2D eigenvalue weighted by Crippen LogP contribution is -2.12. The summed E-state index contributed by atoms with van der Waals surface area (Å²) in [5.41, 5.74) is 1.30. The Morgan fingerprint density at radius 3 is 2.50 bits per heavy atom. The number of aromatic nitrogens is 1. The standard InChI is InChI=1S/C20H14N2O2/c23-19-17(10-8-14-6-3-11-21-18(14)19)20(24)22-16-9-7-13-4-1-2-5-15(13)12-16/h1-12,23H,(H,22,24). The summed E-state index contributed by atoms with van der Waals surface area (Å²) >= 11 is 0. The van der Waals surface area contributed by atoms with Crippen molar-refractivity contribution < 1.29 is 9.90 Å². The number of phenols is 1. The summed E-state index contributed by atoms with van der Waals surface area (Å²) in [6.45, 7) is 0. The van der Waals surface area contributed by atoms with Gasteiger partial charge in [0.1, 0.15) is 5.52 Å². The largest absolute Gasteiger partial charge is 0.505 e. The Hall–Kier alpha value is -3.40. The first-order valence-corrected chi connectivity index (χ1v) is 7.59. The zero-order valence-electron chi connectivity index (χ0n) is 12.7. The lowest BCUT2D eigenvalue weighted by Gasteiger charge is -2.09. The molecule has 0 aliphatic carbocycles. The molecule has 0 atom stereocenters. The molecule has 0 saturated carbocycles. The van der Waals surface area contributed by atoms with Gasteiger partial charge in [-0.1, -0.05) is 42.5 Å². The van der Waals surface area contributed by atoms with Crippen LogP contribution >= 0.6 is 0 Å². The van der Waals surface area contributed by atoms with Crippen LogP contribution in [0, 0.1) is 0 Å². The molecule has 24 heavy (non-hydrogen) atoms. The number of benzene rings is 3. The van der Waals surface area contributed by atoms with Crippen LogP contribution in [0.4, 0.5) is 5.69 Å². The molecule has 1 amide bonds. The SMILES string of the molecule is O=C(Nc1ccc2ccccc2c1)c1ccc2cccnc2c1O. The van der Waals surface area contributed by atoms with Gasteiger partial charge in [-0.25, -0.2) is 0 Å². The Morgan fingerprint density at radius 1 is 0.875 bits per heavy atom. The molecule has 1 heterocycles. The number of carbonyl (C=O) groups is 1. The van der Waals surface area contributed by atoms with E-state index in [-0.39, 0.29) is 17.2 Å². The molecule has 0 aliphatic heterocycles. The lowest BCUT2D eigenvalue weighted by molar-refractivity contribution is 0.102. The summed E-state index contributed by atoms with van der Waals surface area (Å²) < 4.78 is 0. The van der Waals surface area contributed by atoms with Gasteiger partial charge in [0.25, 0.3) is 5.91 Å². The summed E-state index contributed by atoms with van der Waals surface area (Å²) in [6, 6.07) is 20.6. The van der Waals surface area contributed by atoms with Crippen LogP contribution in [-0.2, 0) is 0 Å². The number of anilines is 1. The summed E-state index contributed by atoms with van der Waals surface area (Å²) in [5, 5.41) is 16.1. The fourth-order valence-electron chi connectivity index (χ4n) is 2.78. The lowest BCUT2D eigenvalue weighted by atomic mass is 10.1. The average molecular weight is 314 g/mol. The first kappa shape index (κ1) is 14.2. The van der Waals surface area contributed by atoms with Gasteiger partial charge in [-0.05, 0) is 35.0 Å². The average Bonchev–Trinajstić information content (AvgIpc) is 2.62. The number of hydrogen-bond donors (Lipinski definition) is 2. The van der Waals surface area contributed by atoms with Crippen LogP contribution in [0.3, 0.4) is 0 Å². The van der Waals surface area contributed by atoms with Gasteiger partial charge in [0, 0.05) is 17.3 Å². The second kappa shape index (κ2) is 5.66. The molecule has 0 bridgehead atoms. The van der Waals surface area contributed by atoms with Crippen molar-refractivity contribution in [3.8, 4) is 5.75 Å². The van der Waals surface area contributed by atoms with Crippen LogP contribution in [0.15, 0.2) is 72.9 Å². The van der Waals surface area contributed by atoms with Gasteiger partial charge in [0.2, 0.25) is 0 Å². The number of fused-ring (bicyclic) bond motifs is 2. The number of nitrogens with one attached hydrogen (secondary N) is 1. The number of rotatable bonds is 2. The minimum atomic E-state index is -0.365. The van der Waals surface area contributed by atoms with Crippen LogP contribution in [0.25, 0.3) is 21.7 Å². The highest BCUT2D eigenvalue weighted by Gasteiger charge is 2.14. The van der Waals surface area contributed by atoms with Crippen molar-refractivity contribution >= 4 is 33.3 Å². The zero-order chi connectivity index (χ0) is 16.5. The maximum absolute atomic E-state index is 12.5. The molecular weight excluding hydrogens is 300 g/mol.